The average Bonchev–Trinajstić information content (AvgIpc) is 3.40. The Balaban J connectivity index is 1.08. The molecule has 7 aliphatic heterocycles. The molecule has 0 fully saturated rings. The first-order chi connectivity index (χ1) is 35.6. The lowest BCUT2D eigenvalue weighted by Crippen LogP contribution is -2.75. The maximum Gasteiger partial charge on any atom is 0.252 e. The van der Waals surface area contributed by atoms with Gasteiger partial charge in [0.25, 0.3) is 26.9 Å². The van der Waals surface area contributed by atoms with E-state index in [9.17, 15) is 0 Å². The van der Waals surface area contributed by atoms with Crippen molar-refractivity contribution in [3.63, 3.8) is 0 Å². The van der Waals surface area contributed by atoms with Crippen LogP contribution in [0.25, 0.3) is 0 Å². The van der Waals surface area contributed by atoms with Crippen molar-refractivity contribution in [2.24, 2.45) is 0 Å². The third-order valence-electron chi connectivity index (χ3n) is 18.0. The largest absolute Gasteiger partial charge is 0.458 e. The minimum atomic E-state index is -0.0606. The molecule has 16 rings (SSSR count). The fraction of sp³-hybridized carbons (Fsp3) is 0.169. The smallest absolute Gasteiger partial charge is 0.252 e. The third-order valence-corrected chi connectivity index (χ3v) is 18.0. The van der Waals surface area contributed by atoms with Crippen molar-refractivity contribution in [3.05, 3.63) is 186 Å². The van der Waals surface area contributed by atoms with Gasteiger partial charge in [-0.1, -0.05) is 168 Å². The minimum absolute atomic E-state index is 0.0340. The summed E-state index contributed by atoms with van der Waals surface area (Å²) >= 11 is 0. The molecule has 0 unspecified atom stereocenters. The molecule has 0 saturated heterocycles. The van der Waals surface area contributed by atoms with Crippen LogP contribution in [-0.2, 0) is 0 Å². The Morgan fingerprint density at radius 3 is 1.30 bits per heavy atom. The van der Waals surface area contributed by atoms with Crippen molar-refractivity contribution >= 4 is 144 Å². The van der Waals surface area contributed by atoms with Crippen LogP contribution < -0.4 is 85.0 Å². The molecule has 0 saturated carbocycles. The zero-order valence-corrected chi connectivity index (χ0v) is 42.8. The fourth-order valence-corrected chi connectivity index (χ4v) is 15.2. The van der Waals surface area contributed by atoms with E-state index in [0.717, 1.165) is 11.5 Å². The van der Waals surface area contributed by atoms with E-state index >= 15 is 0 Å². The molecule has 9 aromatic rings. The SMILES string of the molecule is Cc1cc(C)c2c(c1)B1c3cc4c(cc3N3c5ccccc5B5c6ccccc6N6c7ccccc7B7c8ccccc8N2c2c7c6c5c3c21)B(c1c(C(C)C)cc(C(C)C)cc1C(C)C)c1ccccc1O4. The van der Waals surface area contributed by atoms with Crippen LogP contribution >= 0.6 is 0 Å². The summed E-state index contributed by atoms with van der Waals surface area (Å²) < 4.78 is 7.37. The van der Waals surface area contributed by atoms with Gasteiger partial charge in [0.2, 0.25) is 0 Å². The second kappa shape index (κ2) is 14.6. The summed E-state index contributed by atoms with van der Waals surface area (Å²) in [4.78, 5) is 8.12. The van der Waals surface area contributed by atoms with Gasteiger partial charge in [0, 0.05) is 51.2 Å². The summed E-state index contributed by atoms with van der Waals surface area (Å²) in [6, 6.07) is 61.3. The predicted molar refractivity (Wildman–Crippen MR) is 314 cm³/mol. The van der Waals surface area contributed by atoms with Crippen LogP contribution in [0.4, 0.5) is 51.2 Å². The lowest BCUT2D eigenvalue weighted by molar-refractivity contribution is 0.488. The van der Waals surface area contributed by atoms with E-state index in [1.54, 1.807) is 0 Å². The maximum absolute atomic E-state index is 7.37. The summed E-state index contributed by atoms with van der Waals surface area (Å²) in [6.45, 7) is 18.9. The standard InChI is InChI=1S/C65H53B4N3O/c1-35(2)40-31-41(36(3)4)58(42(32-40)37(5)6)68-47-23-13-18-28-56(47)73-57-34-48-55(33-49(57)68)71-53-26-16-11-21-45(53)66-43-19-9-14-24-51(43)70-52-25-15-10-20-44(52)67-46-22-12-17-27-54(46)72-62-39(8)29-38(7)30-50(62)69(48)61-64(71)59(66)63(70)60(67)65(61)72/h9-37H,1-8H3. The van der Waals surface area contributed by atoms with Crippen molar-refractivity contribution in [3.8, 4) is 11.5 Å². The van der Waals surface area contributed by atoms with Crippen LogP contribution in [0.1, 0.15) is 87.1 Å². The first-order valence-corrected chi connectivity index (χ1v) is 26.8. The molecule has 346 valence electrons. The second-order valence-corrected chi connectivity index (χ2v) is 22.9. The summed E-state index contributed by atoms with van der Waals surface area (Å²) in [6.07, 6.45) is 0. The van der Waals surface area contributed by atoms with Gasteiger partial charge in [-0.2, -0.15) is 0 Å². The van der Waals surface area contributed by atoms with Gasteiger partial charge in [-0.05, 0) is 156 Å². The maximum atomic E-state index is 7.37. The van der Waals surface area contributed by atoms with Gasteiger partial charge in [0.1, 0.15) is 11.5 Å². The van der Waals surface area contributed by atoms with Crippen LogP contribution in [0, 0.1) is 13.8 Å². The molecule has 0 atom stereocenters. The summed E-state index contributed by atoms with van der Waals surface area (Å²) in [5.41, 5.74) is 34.9. The quantitative estimate of drug-likeness (QED) is 0.166. The molecule has 4 nitrogen and oxygen atoms in total. The summed E-state index contributed by atoms with van der Waals surface area (Å²) in [5.74, 6) is 2.99. The number of para-hydroxylation sites is 5. The monoisotopic (exact) mass is 935 g/mol. The molecule has 0 bridgehead atoms. The molecule has 0 radical (unpaired) electrons. The molecular weight excluding hydrogens is 882 g/mol. The van der Waals surface area contributed by atoms with Crippen molar-refractivity contribution in [1.29, 1.82) is 0 Å². The number of ether oxygens (including phenoxy) is 1. The fourth-order valence-electron chi connectivity index (χ4n) is 15.2. The van der Waals surface area contributed by atoms with E-state index in [0.29, 0.717) is 17.8 Å². The topological polar surface area (TPSA) is 19.0 Å². The Morgan fingerprint density at radius 2 is 0.781 bits per heavy atom. The summed E-state index contributed by atoms with van der Waals surface area (Å²) in [5, 5.41) is 0. The number of aryl methyl sites for hydroxylation is 2. The second-order valence-electron chi connectivity index (χ2n) is 22.9. The van der Waals surface area contributed by atoms with Crippen molar-refractivity contribution in [2.75, 3.05) is 14.7 Å². The number of hydrogen-bond donors (Lipinski definition) is 0. The zero-order chi connectivity index (χ0) is 49.0. The Hall–Kier alpha value is -7.56. The molecule has 0 aromatic heterocycles. The molecule has 0 spiro atoms. The van der Waals surface area contributed by atoms with E-state index in [1.165, 1.54) is 145 Å². The number of hydrogen-bond acceptors (Lipinski definition) is 4. The normalized spacial score (nSPS) is 14.9. The van der Waals surface area contributed by atoms with Crippen LogP contribution in [0.2, 0.25) is 0 Å². The van der Waals surface area contributed by atoms with Crippen molar-refractivity contribution in [1.82, 2.24) is 0 Å². The third kappa shape index (κ3) is 5.22. The molecule has 0 N–H and O–H groups in total. The van der Waals surface area contributed by atoms with Crippen LogP contribution in [-0.4, -0.2) is 26.9 Å². The molecular formula is C65H53B4N3O. The number of anilines is 9. The first-order valence-electron chi connectivity index (χ1n) is 26.8. The highest BCUT2D eigenvalue weighted by atomic mass is 16.5. The molecule has 73 heavy (non-hydrogen) atoms. The Kier molecular flexibility index (Phi) is 8.38. The van der Waals surface area contributed by atoms with Crippen LogP contribution in [0.5, 0.6) is 11.5 Å². The number of fused-ring (bicyclic) bond motifs is 20. The van der Waals surface area contributed by atoms with E-state index < -0.39 is 0 Å². The van der Waals surface area contributed by atoms with E-state index in [2.05, 4.69) is 228 Å². The van der Waals surface area contributed by atoms with Gasteiger partial charge in [-0.25, -0.2) is 0 Å². The lowest BCUT2D eigenvalue weighted by Gasteiger charge is -2.56. The highest BCUT2D eigenvalue weighted by Crippen LogP contribution is 2.52. The molecule has 7 heterocycles. The molecule has 0 aliphatic carbocycles. The van der Waals surface area contributed by atoms with E-state index in [-0.39, 0.29) is 26.9 Å². The number of nitrogens with zero attached hydrogens (tertiary/aromatic N) is 3. The number of rotatable bonds is 4. The Morgan fingerprint density at radius 1 is 0.342 bits per heavy atom. The highest BCUT2D eigenvalue weighted by Gasteiger charge is 2.58. The van der Waals surface area contributed by atoms with Crippen molar-refractivity contribution < 1.29 is 4.74 Å². The van der Waals surface area contributed by atoms with Gasteiger partial charge in [0.05, 0.1) is 0 Å². The van der Waals surface area contributed by atoms with Gasteiger partial charge in [-0.3, -0.25) is 0 Å². The van der Waals surface area contributed by atoms with Gasteiger partial charge < -0.3 is 19.4 Å². The minimum Gasteiger partial charge on any atom is -0.458 e. The van der Waals surface area contributed by atoms with Crippen molar-refractivity contribution in [2.45, 2.75) is 73.1 Å². The lowest BCUT2D eigenvalue weighted by atomic mass is 9.24. The molecule has 9 aromatic carbocycles. The molecule has 7 aliphatic rings. The summed E-state index contributed by atoms with van der Waals surface area (Å²) in [7, 11) is 0. The van der Waals surface area contributed by atoms with Crippen LogP contribution in [0.3, 0.4) is 0 Å². The van der Waals surface area contributed by atoms with Gasteiger partial charge in [-0.15, -0.1) is 0 Å². The Bertz CT molecular complexity index is 3950. The van der Waals surface area contributed by atoms with Crippen LogP contribution in [0.15, 0.2) is 158 Å². The van der Waals surface area contributed by atoms with E-state index in [1.807, 2.05) is 0 Å². The Labute approximate surface area is 431 Å². The van der Waals surface area contributed by atoms with Gasteiger partial charge >= 0.3 is 0 Å². The number of benzene rings is 9. The molecule has 8 heteroatoms. The zero-order valence-electron chi connectivity index (χ0n) is 42.8. The first kappa shape index (κ1) is 42.0. The predicted octanol–water partition coefficient (Wildman–Crippen LogP) is 8.13. The highest BCUT2D eigenvalue weighted by molar-refractivity contribution is 7.09. The van der Waals surface area contributed by atoms with Gasteiger partial charge in [0.15, 0.2) is 0 Å². The van der Waals surface area contributed by atoms with E-state index in [4.69, 9.17) is 4.74 Å². The average molecular weight is 935 g/mol. The molecule has 0 amide bonds.